The summed E-state index contributed by atoms with van der Waals surface area (Å²) in [5.74, 6) is 0. The van der Waals surface area contributed by atoms with Gasteiger partial charge in [0, 0.05) is 17.6 Å². The van der Waals surface area contributed by atoms with Gasteiger partial charge < -0.3 is 5.32 Å². The zero-order valence-corrected chi connectivity index (χ0v) is 8.48. The van der Waals surface area contributed by atoms with E-state index in [1.807, 2.05) is 12.1 Å². The molecule has 1 aliphatic heterocycles. The first-order valence-corrected chi connectivity index (χ1v) is 5.38. The number of hydrogen-bond acceptors (Lipinski definition) is 3. The lowest BCUT2D eigenvalue weighted by molar-refractivity contribution is 0.630. The molecule has 0 spiro atoms. The van der Waals surface area contributed by atoms with Crippen LogP contribution >= 0.6 is 0 Å². The molecule has 15 heavy (non-hydrogen) atoms. The number of rotatable bonds is 1. The van der Waals surface area contributed by atoms with Gasteiger partial charge in [0.2, 0.25) is 0 Å². The maximum atomic E-state index is 4.58. The fraction of sp³-hybridized carbons (Fsp3) is 0.333. The van der Waals surface area contributed by atoms with Crippen LogP contribution in [0.25, 0.3) is 11.0 Å². The van der Waals surface area contributed by atoms with Crippen LogP contribution in [0, 0.1) is 0 Å². The summed E-state index contributed by atoms with van der Waals surface area (Å²) < 4.78 is 0. The molecule has 2 aromatic rings. The average molecular weight is 199 g/mol. The van der Waals surface area contributed by atoms with Crippen LogP contribution in [0.3, 0.4) is 0 Å². The number of fused-ring (bicyclic) bond motifs is 1. The highest BCUT2D eigenvalue weighted by Gasteiger charge is 2.17. The molecule has 3 heterocycles. The molecular weight excluding hydrogens is 186 g/mol. The second kappa shape index (κ2) is 3.59. The molecule has 76 valence electrons. The first-order chi connectivity index (χ1) is 7.43. The average Bonchev–Trinajstić information content (AvgIpc) is 2.82. The Morgan fingerprint density at radius 1 is 1.27 bits per heavy atom. The van der Waals surface area contributed by atoms with Crippen LogP contribution in [-0.2, 0) is 0 Å². The van der Waals surface area contributed by atoms with Crippen LogP contribution < -0.4 is 5.32 Å². The van der Waals surface area contributed by atoms with Gasteiger partial charge in [0.05, 0.1) is 5.69 Å². The third kappa shape index (κ3) is 1.59. The maximum Gasteiger partial charge on any atom is 0.159 e. The molecule has 2 aromatic heterocycles. The van der Waals surface area contributed by atoms with Gasteiger partial charge in [-0.1, -0.05) is 0 Å². The normalized spacial score (nSPS) is 20.9. The highest BCUT2D eigenvalue weighted by molar-refractivity contribution is 5.74. The van der Waals surface area contributed by atoms with Crippen molar-refractivity contribution in [3.63, 3.8) is 0 Å². The molecule has 0 bridgehead atoms. The summed E-state index contributed by atoms with van der Waals surface area (Å²) >= 11 is 0. The predicted molar refractivity (Wildman–Crippen MR) is 59.5 cm³/mol. The van der Waals surface area contributed by atoms with Crippen LogP contribution in [-0.4, -0.2) is 16.5 Å². The molecule has 3 rings (SSSR count). The number of aromatic nitrogens is 2. The Labute approximate surface area is 88.6 Å². The topological polar surface area (TPSA) is 37.8 Å². The summed E-state index contributed by atoms with van der Waals surface area (Å²) in [5, 5.41) is 4.56. The van der Waals surface area contributed by atoms with E-state index >= 15 is 0 Å². The monoisotopic (exact) mass is 199 g/mol. The van der Waals surface area contributed by atoms with Crippen molar-refractivity contribution in [1.29, 1.82) is 0 Å². The Morgan fingerprint density at radius 3 is 3.13 bits per heavy atom. The number of pyridine rings is 2. The molecule has 1 saturated heterocycles. The van der Waals surface area contributed by atoms with Crippen molar-refractivity contribution in [2.24, 2.45) is 0 Å². The minimum atomic E-state index is 0.427. The summed E-state index contributed by atoms with van der Waals surface area (Å²) in [6.07, 6.45) is 4.22. The lowest BCUT2D eigenvalue weighted by atomic mass is 10.1. The summed E-state index contributed by atoms with van der Waals surface area (Å²) in [6.45, 7) is 1.10. The van der Waals surface area contributed by atoms with Gasteiger partial charge in [0.25, 0.3) is 0 Å². The molecule has 1 N–H and O–H groups in total. The third-order valence-corrected chi connectivity index (χ3v) is 2.90. The van der Waals surface area contributed by atoms with Crippen molar-refractivity contribution in [1.82, 2.24) is 15.3 Å². The molecule has 0 aliphatic carbocycles. The molecule has 3 nitrogen and oxygen atoms in total. The van der Waals surface area contributed by atoms with Crippen molar-refractivity contribution < 1.29 is 0 Å². The zero-order chi connectivity index (χ0) is 10.1. The second-order valence-electron chi connectivity index (χ2n) is 3.94. The summed E-state index contributed by atoms with van der Waals surface area (Å²) in [7, 11) is 0. The van der Waals surface area contributed by atoms with Gasteiger partial charge in [0.1, 0.15) is 0 Å². The fourth-order valence-electron chi connectivity index (χ4n) is 2.10. The van der Waals surface area contributed by atoms with Crippen LogP contribution in [0.5, 0.6) is 0 Å². The van der Waals surface area contributed by atoms with Crippen LogP contribution in [0.1, 0.15) is 24.6 Å². The predicted octanol–water partition coefficient (Wildman–Crippen LogP) is 2.05. The first kappa shape index (κ1) is 8.80. The molecule has 1 fully saturated rings. The molecule has 0 saturated carbocycles. The Bertz CT molecular complexity index is 475. The largest absolute Gasteiger partial charge is 0.309 e. The standard InChI is InChI=1S/C12H13N3/c1-3-9-5-6-11(10-4-2-7-13-10)15-12(9)14-8-1/h1,3,5-6,8,10,13H,2,4,7H2/t10-/m1/s1. The van der Waals surface area contributed by atoms with Crippen molar-refractivity contribution in [2.45, 2.75) is 18.9 Å². The quantitative estimate of drug-likeness (QED) is 0.763. The van der Waals surface area contributed by atoms with Gasteiger partial charge in [-0.05, 0) is 43.7 Å². The van der Waals surface area contributed by atoms with Crippen molar-refractivity contribution in [2.75, 3.05) is 6.54 Å². The highest BCUT2D eigenvalue weighted by Crippen LogP contribution is 2.22. The van der Waals surface area contributed by atoms with E-state index in [2.05, 4.69) is 27.4 Å². The summed E-state index contributed by atoms with van der Waals surface area (Å²) in [4.78, 5) is 8.86. The smallest absolute Gasteiger partial charge is 0.159 e. The van der Waals surface area contributed by atoms with E-state index in [0.717, 1.165) is 23.3 Å². The molecule has 1 aliphatic rings. The lowest BCUT2D eigenvalue weighted by Gasteiger charge is -2.09. The second-order valence-corrected chi connectivity index (χ2v) is 3.94. The lowest BCUT2D eigenvalue weighted by Crippen LogP contribution is -2.14. The number of nitrogens with one attached hydrogen (secondary N) is 1. The van der Waals surface area contributed by atoms with Gasteiger partial charge in [-0.25, -0.2) is 9.97 Å². The molecule has 3 heteroatoms. The van der Waals surface area contributed by atoms with E-state index < -0.39 is 0 Å². The van der Waals surface area contributed by atoms with Crippen molar-refractivity contribution >= 4 is 11.0 Å². The van der Waals surface area contributed by atoms with Crippen LogP contribution in [0.4, 0.5) is 0 Å². The van der Waals surface area contributed by atoms with Crippen LogP contribution in [0.2, 0.25) is 0 Å². The van der Waals surface area contributed by atoms with E-state index in [9.17, 15) is 0 Å². The number of nitrogens with zero attached hydrogens (tertiary/aromatic N) is 2. The molecule has 0 radical (unpaired) electrons. The molecule has 1 atom stereocenters. The third-order valence-electron chi connectivity index (χ3n) is 2.90. The zero-order valence-electron chi connectivity index (χ0n) is 8.48. The SMILES string of the molecule is c1cnc2nc([C@H]3CCCN3)ccc2c1. The molecule has 0 unspecified atom stereocenters. The van der Waals surface area contributed by atoms with Gasteiger partial charge >= 0.3 is 0 Å². The van der Waals surface area contributed by atoms with Gasteiger partial charge in [-0.3, -0.25) is 0 Å². The molecular formula is C12H13N3. The van der Waals surface area contributed by atoms with E-state index in [4.69, 9.17) is 0 Å². The van der Waals surface area contributed by atoms with Crippen molar-refractivity contribution in [3.8, 4) is 0 Å². The summed E-state index contributed by atoms with van der Waals surface area (Å²) in [5.41, 5.74) is 1.97. The van der Waals surface area contributed by atoms with E-state index in [-0.39, 0.29) is 0 Å². The van der Waals surface area contributed by atoms with Gasteiger partial charge in [-0.15, -0.1) is 0 Å². The molecule has 0 amide bonds. The Hall–Kier alpha value is -1.48. The van der Waals surface area contributed by atoms with Gasteiger partial charge in [-0.2, -0.15) is 0 Å². The van der Waals surface area contributed by atoms with E-state index in [0.29, 0.717) is 6.04 Å². The van der Waals surface area contributed by atoms with E-state index in [1.165, 1.54) is 12.8 Å². The maximum absolute atomic E-state index is 4.58. The van der Waals surface area contributed by atoms with Crippen LogP contribution in [0.15, 0.2) is 30.5 Å². The Morgan fingerprint density at radius 2 is 2.27 bits per heavy atom. The Kier molecular flexibility index (Phi) is 2.10. The Balaban J connectivity index is 2.05. The van der Waals surface area contributed by atoms with E-state index in [1.54, 1.807) is 6.20 Å². The molecule has 0 aromatic carbocycles. The number of hydrogen-bond donors (Lipinski definition) is 1. The fourth-order valence-corrected chi connectivity index (χ4v) is 2.10. The highest BCUT2D eigenvalue weighted by atomic mass is 15.0. The first-order valence-electron chi connectivity index (χ1n) is 5.38. The van der Waals surface area contributed by atoms with Crippen molar-refractivity contribution in [3.05, 3.63) is 36.2 Å². The summed E-state index contributed by atoms with van der Waals surface area (Å²) in [6, 6.07) is 8.62. The minimum absolute atomic E-state index is 0.427. The van der Waals surface area contributed by atoms with Gasteiger partial charge in [0.15, 0.2) is 5.65 Å². The minimum Gasteiger partial charge on any atom is -0.309 e.